The van der Waals surface area contributed by atoms with Gasteiger partial charge in [-0.05, 0) is 43.6 Å². The van der Waals surface area contributed by atoms with Crippen molar-refractivity contribution >= 4 is 28.2 Å². The van der Waals surface area contributed by atoms with Crippen LogP contribution in [-0.2, 0) is 17.6 Å². The minimum absolute atomic E-state index is 0.0362. The van der Waals surface area contributed by atoms with E-state index in [0.717, 1.165) is 37.7 Å². The molecule has 1 fully saturated rings. The molecule has 0 saturated heterocycles. The van der Waals surface area contributed by atoms with E-state index < -0.39 is 5.91 Å². The third-order valence-corrected chi connectivity index (χ3v) is 5.11. The molecular weight excluding hydrogens is 260 g/mol. The zero-order chi connectivity index (χ0) is 13.6. The number of thiophene rings is 1. The van der Waals surface area contributed by atoms with E-state index in [-0.39, 0.29) is 11.8 Å². The maximum absolute atomic E-state index is 11.9. The van der Waals surface area contributed by atoms with Crippen LogP contribution in [0.4, 0.5) is 5.00 Å². The lowest BCUT2D eigenvalue weighted by Gasteiger charge is -2.18. The van der Waals surface area contributed by atoms with Crippen molar-refractivity contribution in [3.63, 3.8) is 0 Å². The minimum Gasteiger partial charge on any atom is -0.365 e. The van der Waals surface area contributed by atoms with Crippen molar-refractivity contribution in [1.82, 2.24) is 0 Å². The van der Waals surface area contributed by atoms with Gasteiger partial charge in [0, 0.05) is 10.8 Å². The monoisotopic (exact) mass is 278 g/mol. The molecule has 2 aliphatic carbocycles. The Kier molecular flexibility index (Phi) is 3.09. The normalized spacial score (nSPS) is 21.8. The van der Waals surface area contributed by atoms with Crippen LogP contribution < -0.4 is 11.1 Å². The fraction of sp³-hybridized carbons (Fsp3) is 0.571. The summed E-state index contributed by atoms with van der Waals surface area (Å²) in [7, 11) is 0. The summed E-state index contributed by atoms with van der Waals surface area (Å²) in [5.74, 6) is 0.393. The maximum Gasteiger partial charge on any atom is 0.251 e. The van der Waals surface area contributed by atoms with Gasteiger partial charge in [-0.2, -0.15) is 0 Å². The molecule has 0 aliphatic heterocycles. The fourth-order valence-corrected chi connectivity index (χ4v) is 4.08. The SMILES string of the molecule is CC1CCc2c(sc(NC(=O)C3CC3)c2C(N)=O)C1. The highest BCUT2D eigenvalue weighted by molar-refractivity contribution is 7.17. The molecule has 5 heteroatoms. The molecule has 4 nitrogen and oxygen atoms in total. The molecule has 1 atom stereocenters. The molecule has 1 aromatic rings. The van der Waals surface area contributed by atoms with Gasteiger partial charge in [-0.25, -0.2) is 0 Å². The van der Waals surface area contributed by atoms with Gasteiger partial charge >= 0.3 is 0 Å². The first-order valence-electron chi connectivity index (χ1n) is 6.81. The molecule has 1 unspecified atom stereocenters. The van der Waals surface area contributed by atoms with E-state index in [1.165, 1.54) is 16.2 Å². The van der Waals surface area contributed by atoms with E-state index >= 15 is 0 Å². The second-order valence-corrected chi connectivity index (χ2v) is 6.79. The quantitative estimate of drug-likeness (QED) is 0.890. The van der Waals surface area contributed by atoms with Gasteiger partial charge in [0.25, 0.3) is 5.91 Å². The van der Waals surface area contributed by atoms with Crippen molar-refractivity contribution in [2.75, 3.05) is 5.32 Å². The summed E-state index contributed by atoms with van der Waals surface area (Å²) in [5, 5.41) is 3.57. The van der Waals surface area contributed by atoms with E-state index in [0.29, 0.717) is 16.5 Å². The summed E-state index contributed by atoms with van der Waals surface area (Å²) in [6, 6.07) is 0. The number of hydrogen-bond acceptors (Lipinski definition) is 3. The Hall–Kier alpha value is -1.36. The lowest BCUT2D eigenvalue weighted by atomic mass is 9.88. The zero-order valence-corrected chi connectivity index (χ0v) is 11.8. The van der Waals surface area contributed by atoms with Crippen LogP contribution >= 0.6 is 11.3 Å². The Morgan fingerprint density at radius 2 is 2.05 bits per heavy atom. The lowest BCUT2D eigenvalue weighted by Crippen LogP contribution is -2.19. The number of anilines is 1. The van der Waals surface area contributed by atoms with Crippen LogP contribution in [0.3, 0.4) is 0 Å². The fourth-order valence-electron chi connectivity index (χ4n) is 2.66. The van der Waals surface area contributed by atoms with Gasteiger partial charge in [0.15, 0.2) is 0 Å². The molecule has 3 N–H and O–H groups in total. The highest BCUT2D eigenvalue weighted by Crippen LogP contribution is 2.40. The number of nitrogens with two attached hydrogens (primary N) is 1. The van der Waals surface area contributed by atoms with Crippen molar-refractivity contribution in [2.45, 2.75) is 39.0 Å². The summed E-state index contributed by atoms with van der Waals surface area (Å²) in [6.45, 7) is 2.22. The predicted molar refractivity (Wildman–Crippen MR) is 75.4 cm³/mol. The van der Waals surface area contributed by atoms with E-state index in [1.54, 1.807) is 0 Å². The van der Waals surface area contributed by atoms with Crippen LogP contribution in [0.1, 0.15) is 47.0 Å². The third kappa shape index (κ3) is 2.39. The van der Waals surface area contributed by atoms with Crippen LogP contribution in [0.5, 0.6) is 0 Å². The molecule has 0 radical (unpaired) electrons. The standard InChI is InChI=1S/C14H18N2O2S/c1-7-2-5-9-10(6-7)19-14(11(9)12(15)17)16-13(18)8-3-4-8/h7-8H,2-6H2,1H3,(H2,15,17)(H,16,18). The number of amides is 2. The van der Waals surface area contributed by atoms with E-state index in [4.69, 9.17) is 5.73 Å². The van der Waals surface area contributed by atoms with Crippen LogP contribution in [-0.4, -0.2) is 11.8 Å². The number of nitrogens with one attached hydrogen (secondary N) is 1. The van der Waals surface area contributed by atoms with E-state index in [9.17, 15) is 9.59 Å². The van der Waals surface area contributed by atoms with E-state index in [1.807, 2.05) is 0 Å². The van der Waals surface area contributed by atoms with Crippen molar-refractivity contribution in [1.29, 1.82) is 0 Å². The topological polar surface area (TPSA) is 72.2 Å². The molecular formula is C14H18N2O2S. The molecule has 3 rings (SSSR count). The molecule has 0 bridgehead atoms. The van der Waals surface area contributed by atoms with Crippen LogP contribution in [0.2, 0.25) is 0 Å². The van der Waals surface area contributed by atoms with Crippen LogP contribution in [0.25, 0.3) is 0 Å². The summed E-state index contributed by atoms with van der Waals surface area (Å²) in [4.78, 5) is 24.8. The Balaban J connectivity index is 1.93. The molecule has 102 valence electrons. The highest BCUT2D eigenvalue weighted by atomic mass is 32.1. The number of primary amides is 1. The molecule has 1 saturated carbocycles. The Morgan fingerprint density at radius 3 is 2.68 bits per heavy atom. The first-order valence-corrected chi connectivity index (χ1v) is 7.63. The second kappa shape index (κ2) is 4.63. The smallest absolute Gasteiger partial charge is 0.251 e. The average Bonchev–Trinajstić information content (AvgIpc) is 3.11. The summed E-state index contributed by atoms with van der Waals surface area (Å²) < 4.78 is 0. The molecule has 2 aliphatic rings. The van der Waals surface area contributed by atoms with Gasteiger partial charge < -0.3 is 11.1 Å². The molecule has 19 heavy (non-hydrogen) atoms. The number of carbonyl (C=O) groups is 2. The van der Waals surface area contributed by atoms with Crippen LogP contribution in [0.15, 0.2) is 0 Å². The molecule has 0 aromatic carbocycles. The lowest BCUT2D eigenvalue weighted by molar-refractivity contribution is -0.117. The number of hydrogen-bond donors (Lipinski definition) is 2. The van der Waals surface area contributed by atoms with Gasteiger partial charge in [-0.15, -0.1) is 11.3 Å². The van der Waals surface area contributed by atoms with Gasteiger partial charge in [-0.3, -0.25) is 9.59 Å². The number of rotatable bonds is 3. The molecule has 1 heterocycles. The third-order valence-electron chi connectivity index (χ3n) is 3.94. The molecule has 0 spiro atoms. The molecule has 1 aromatic heterocycles. The van der Waals surface area contributed by atoms with Crippen LogP contribution in [0, 0.1) is 11.8 Å². The van der Waals surface area contributed by atoms with Crippen molar-refractivity contribution < 1.29 is 9.59 Å². The first kappa shape index (κ1) is 12.7. The Bertz CT molecular complexity index is 546. The van der Waals surface area contributed by atoms with Gasteiger partial charge in [0.1, 0.15) is 5.00 Å². The minimum atomic E-state index is -0.418. The second-order valence-electron chi connectivity index (χ2n) is 5.68. The average molecular weight is 278 g/mol. The highest BCUT2D eigenvalue weighted by Gasteiger charge is 2.32. The van der Waals surface area contributed by atoms with Crippen molar-refractivity contribution in [2.24, 2.45) is 17.6 Å². The number of carbonyl (C=O) groups excluding carboxylic acids is 2. The van der Waals surface area contributed by atoms with Gasteiger partial charge in [-0.1, -0.05) is 6.92 Å². The van der Waals surface area contributed by atoms with Gasteiger partial charge in [0.05, 0.1) is 5.56 Å². The summed E-state index contributed by atoms with van der Waals surface area (Å²) >= 11 is 1.53. The summed E-state index contributed by atoms with van der Waals surface area (Å²) in [6.07, 6.45) is 4.88. The Labute approximate surface area is 116 Å². The van der Waals surface area contributed by atoms with Gasteiger partial charge in [0.2, 0.25) is 5.91 Å². The largest absolute Gasteiger partial charge is 0.365 e. The Morgan fingerprint density at radius 1 is 1.32 bits per heavy atom. The number of fused-ring (bicyclic) bond motifs is 1. The van der Waals surface area contributed by atoms with E-state index in [2.05, 4.69) is 12.2 Å². The molecule has 2 amide bonds. The summed E-state index contributed by atoms with van der Waals surface area (Å²) in [5.41, 5.74) is 7.13. The first-order chi connectivity index (χ1) is 9.06. The predicted octanol–water partition coefficient (Wildman–Crippen LogP) is 2.32. The van der Waals surface area contributed by atoms with Crippen molar-refractivity contribution in [3.05, 3.63) is 16.0 Å². The van der Waals surface area contributed by atoms with Crippen molar-refractivity contribution in [3.8, 4) is 0 Å². The maximum atomic E-state index is 11.9. The zero-order valence-electron chi connectivity index (χ0n) is 11.0.